The number of benzene rings is 2. The van der Waals surface area contributed by atoms with Gasteiger partial charge in [-0.2, -0.15) is 13.2 Å². The maximum Gasteiger partial charge on any atom is 0.416 e. The number of alkyl halides is 3. The minimum absolute atomic E-state index is 0.00572. The van der Waals surface area contributed by atoms with Crippen LogP contribution in [0, 0.1) is 5.92 Å². The molecule has 0 spiro atoms. The van der Waals surface area contributed by atoms with Crippen molar-refractivity contribution < 1.29 is 18.0 Å². The highest BCUT2D eigenvalue weighted by Gasteiger charge is 2.31. The molecule has 3 rings (SSSR count). The van der Waals surface area contributed by atoms with Crippen LogP contribution in [0.2, 0.25) is 5.02 Å². The minimum Gasteiger partial charge on any atom is -0.385 e. The Kier molecular flexibility index (Phi) is 6.50. The van der Waals surface area contributed by atoms with E-state index in [0.29, 0.717) is 10.9 Å². The molecule has 0 bridgehead atoms. The molecule has 1 aliphatic rings. The summed E-state index contributed by atoms with van der Waals surface area (Å²) in [6.07, 6.45) is -0.914. The number of hydrogen-bond acceptors (Lipinski definition) is 2. The molecule has 1 amide bonds. The van der Waals surface area contributed by atoms with Crippen molar-refractivity contribution in [3.05, 3.63) is 64.7 Å². The van der Waals surface area contributed by atoms with Crippen molar-refractivity contribution in [3.63, 3.8) is 0 Å². The van der Waals surface area contributed by atoms with Crippen molar-refractivity contribution in [1.29, 1.82) is 0 Å². The predicted octanol–water partition coefficient (Wildman–Crippen LogP) is 5.76. The molecule has 150 valence electrons. The van der Waals surface area contributed by atoms with Crippen LogP contribution in [0.5, 0.6) is 0 Å². The lowest BCUT2D eigenvalue weighted by Gasteiger charge is -2.29. The normalized spacial score (nSPS) is 19.9. The second kappa shape index (κ2) is 8.86. The van der Waals surface area contributed by atoms with Gasteiger partial charge < -0.3 is 10.6 Å². The van der Waals surface area contributed by atoms with Gasteiger partial charge in [0.15, 0.2) is 0 Å². The van der Waals surface area contributed by atoms with Gasteiger partial charge in [-0.15, -0.1) is 0 Å². The molecule has 7 heteroatoms. The summed E-state index contributed by atoms with van der Waals surface area (Å²) in [5, 5.41) is 6.96. The van der Waals surface area contributed by atoms with Crippen LogP contribution < -0.4 is 10.6 Å². The largest absolute Gasteiger partial charge is 0.416 e. The molecule has 0 heterocycles. The van der Waals surface area contributed by atoms with Gasteiger partial charge in [-0.1, -0.05) is 17.7 Å². The van der Waals surface area contributed by atoms with Gasteiger partial charge in [-0.3, -0.25) is 4.79 Å². The van der Waals surface area contributed by atoms with Crippen LogP contribution in [-0.4, -0.2) is 18.5 Å². The van der Waals surface area contributed by atoms with E-state index >= 15 is 0 Å². The zero-order chi connectivity index (χ0) is 20.1. The zero-order valence-electron chi connectivity index (χ0n) is 15.2. The fourth-order valence-electron chi connectivity index (χ4n) is 3.45. The van der Waals surface area contributed by atoms with Crippen LogP contribution in [0.1, 0.15) is 41.6 Å². The van der Waals surface area contributed by atoms with Crippen LogP contribution in [0.3, 0.4) is 0 Å². The first-order chi connectivity index (χ1) is 13.3. The number of carbonyl (C=O) groups excluding carboxylic acids is 1. The Morgan fingerprint density at radius 3 is 2.36 bits per heavy atom. The fraction of sp³-hybridized carbons (Fsp3) is 0.381. The summed E-state index contributed by atoms with van der Waals surface area (Å²) in [6, 6.07) is 12.1. The number of amides is 1. The van der Waals surface area contributed by atoms with E-state index in [1.807, 2.05) is 24.3 Å². The molecular formula is C21H22ClF3N2O. The predicted molar refractivity (Wildman–Crippen MR) is 105 cm³/mol. The van der Waals surface area contributed by atoms with Crippen molar-refractivity contribution in [2.45, 2.75) is 37.9 Å². The van der Waals surface area contributed by atoms with Crippen LogP contribution in [-0.2, 0) is 6.18 Å². The minimum atomic E-state index is -4.45. The molecule has 1 saturated carbocycles. The average molecular weight is 411 g/mol. The van der Waals surface area contributed by atoms with Gasteiger partial charge in [0, 0.05) is 28.9 Å². The van der Waals surface area contributed by atoms with E-state index in [-0.39, 0.29) is 11.6 Å². The summed E-state index contributed by atoms with van der Waals surface area (Å²) >= 11 is 5.88. The molecule has 0 radical (unpaired) electrons. The first kappa shape index (κ1) is 20.5. The molecule has 2 N–H and O–H groups in total. The first-order valence-electron chi connectivity index (χ1n) is 9.29. The molecule has 0 saturated heterocycles. The van der Waals surface area contributed by atoms with E-state index in [1.54, 1.807) is 0 Å². The SMILES string of the molecule is O=C(N[C@H]1CC[C@H](CNc2ccc(Cl)cc2)CC1)c1cccc(C(F)(F)F)c1. The molecule has 0 aromatic heterocycles. The van der Waals surface area contributed by atoms with Crippen LogP contribution >= 0.6 is 11.6 Å². The van der Waals surface area contributed by atoms with Crippen LogP contribution in [0.15, 0.2) is 48.5 Å². The van der Waals surface area contributed by atoms with E-state index < -0.39 is 17.6 Å². The number of hydrogen-bond donors (Lipinski definition) is 2. The number of anilines is 1. The molecular weight excluding hydrogens is 389 g/mol. The van der Waals surface area contributed by atoms with Crippen LogP contribution in [0.4, 0.5) is 18.9 Å². The highest BCUT2D eigenvalue weighted by atomic mass is 35.5. The van der Waals surface area contributed by atoms with Gasteiger partial charge in [0.2, 0.25) is 0 Å². The van der Waals surface area contributed by atoms with E-state index in [1.165, 1.54) is 12.1 Å². The Morgan fingerprint density at radius 1 is 1.04 bits per heavy atom. The second-order valence-corrected chi connectivity index (χ2v) is 7.59. The Labute approximate surface area is 167 Å². The molecule has 2 aromatic rings. The molecule has 0 aliphatic heterocycles. The van der Waals surface area contributed by atoms with Crippen LogP contribution in [0.25, 0.3) is 0 Å². The first-order valence-corrected chi connectivity index (χ1v) is 9.66. The van der Waals surface area contributed by atoms with Gasteiger partial charge in [0.05, 0.1) is 5.56 Å². The molecule has 0 atom stereocenters. The summed E-state index contributed by atoms with van der Waals surface area (Å²) in [7, 11) is 0. The maximum atomic E-state index is 12.8. The number of nitrogens with one attached hydrogen (secondary N) is 2. The third-order valence-electron chi connectivity index (χ3n) is 5.07. The fourth-order valence-corrected chi connectivity index (χ4v) is 3.57. The Bertz CT molecular complexity index is 800. The van der Waals surface area contributed by atoms with E-state index in [2.05, 4.69) is 10.6 Å². The van der Waals surface area contributed by atoms with Gasteiger partial charge in [0.25, 0.3) is 5.91 Å². The van der Waals surface area contributed by atoms with Crippen molar-refractivity contribution >= 4 is 23.2 Å². The van der Waals surface area contributed by atoms with Crippen molar-refractivity contribution in [2.75, 3.05) is 11.9 Å². The maximum absolute atomic E-state index is 12.8. The zero-order valence-corrected chi connectivity index (χ0v) is 16.0. The van der Waals surface area contributed by atoms with E-state index in [4.69, 9.17) is 11.6 Å². The molecule has 3 nitrogen and oxygen atoms in total. The Morgan fingerprint density at radius 2 is 1.71 bits per heavy atom. The highest BCUT2D eigenvalue weighted by Crippen LogP contribution is 2.30. The lowest BCUT2D eigenvalue weighted by molar-refractivity contribution is -0.137. The number of rotatable bonds is 5. The third kappa shape index (κ3) is 5.64. The average Bonchev–Trinajstić information content (AvgIpc) is 2.68. The Hall–Kier alpha value is -2.21. The monoisotopic (exact) mass is 410 g/mol. The smallest absolute Gasteiger partial charge is 0.385 e. The van der Waals surface area contributed by atoms with Gasteiger partial charge >= 0.3 is 6.18 Å². The molecule has 2 aromatic carbocycles. The summed E-state index contributed by atoms with van der Waals surface area (Å²) in [5.74, 6) is 0.0474. The van der Waals surface area contributed by atoms with Gasteiger partial charge in [-0.05, 0) is 74.1 Å². The molecule has 0 unspecified atom stereocenters. The molecule has 28 heavy (non-hydrogen) atoms. The molecule has 1 fully saturated rings. The number of carbonyl (C=O) groups is 1. The topological polar surface area (TPSA) is 41.1 Å². The van der Waals surface area contributed by atoms with Gasteiger partial charge in [0.1, 0.15) is 0 Å². The third-order valence-corrected chi connectivity index (χ3v) is 5.33. The van der Waals surface area contributed by atoms with E-state index in [0.717, 1.165) is 50.0 Å². The second-order valence-electron chi connectivity index (χ2n) is 7.16. The molecule has 1 aliphatic carbocycles. The summed E-state index contributed by atoms with van der Waals surface area (Å²) in [5.41, 5.74) is 0.253. The summed E-state index contributed by atoms with van der Waals surface area (Å²) in [4.78, 5) is 12.3. The highest BCUT2D eigenvalue weighted by molar-refractivity contribution is 6.30. The number of halogens is 4. The lowest BCUT2D eigenvalue weighted by atomic mass is 9.86. The standard InChI is InChI=1S/C21H22ClF3N2O/c22-17-6-10-18(11-7-17)26-13-14-4-8-19(9-5-14)27-20(28)15-2-1-3-16(12-15)21(23,24)25/h1-3,6-7,10-12,14,19,26H,4-5,8-9,13H2,(H,27,28)/t14-,19-. The summed E-state index contributed by atoms with van der Waals surface area (Å²) < 4.78 is 38.4. The quantitative estimate of drug-likeness (QED) is 0.658. The van der Waals surface area contributed by atoms with E-state index in [9.17, 15) is 18.0 Å². The van der Waals surface area contributed by atoms with Crippen molar-refractivity contribution in [1.82, 2.24) is 5.32 Å². The van der Waals surface area contributed by atoms with Crippen molar-refractivity contribution in [3.8, 4) is 0 Å². The van der Waals surface area contributed by atoms with Gasteiger partial charge in [-0.25, -0.2) is 0 Å². The summed E-state index contributed by atoms with van der Waals surface area (Å²) in [6.45, 7) is 0.843. The lowest BCUT2D eigenvalue weighted by Crippen LogP contribution is -2.38. The Balaban J connectivity index is 1.46. The van der Waals surface area contributed by atoms with Crippen molar-refractivity contribution in [2.24, 2.45) is 5.92 Å².